The third kappa shape index (κ3) is 6.42. The molecule has 1 aromatic carbocycles. The van der Waals surface area contributed by atoms with E-state index in [9.17, 15) is 18.0 Å². The molecule has 3 rings (SSSR count). The minimum atomic E-state index is -3.55. The van der Waals surface area contributed by atoms with E-state index < -0.39 is 16.1 Å². The summed E-state index contributed by atoms with van der Waals surface area (Å²) in [6.07, 6.45) is 8.72. The Balaban J connectivity index is 1.42. The van der Waals surface area contributed by atoms with Crippen molar-refractivity contribution in [2.24, 2.45) is 5.92 Å². The molecule has 1 aliphatic carbocycles. The Morgan fingerprint density at radius 2 is 1.81 bits per heavy atom. The lowest BCUT2D eigenvalue weighted by Gasteiger charge is -2.31. The van der Waals surface area contributed by atoms with Crippen molar-refractivity contribution in [1.82, 2.24) is 14.9 Å². The number of carbonyl (C=O) groups is 2. The molecule has 32 heavy (non-hydrogen) atoms. The Morgan fingerprint density at radius 3 is 2.44 bits per heavy atom. The predicted octanol–water partition coefficient (Wildman–Crippen LogP) is 2.91. The molecule has 2 amide bonds. The molecule has 1 aromatic rings. The Kier molecular flexibility index (Phi) is 8.48. The summed E-state index contributed by atoms with van der Waals surface area (Å²) < 4.78 is 27.1. The van der Waals surface area contributed by atoms with Gasteiger partial charge in [0.25, 0.3) is 0 Å². The van der Waals surface area contributed by atoms with Crippen LogP contribution >= 0.6 is 0 Å². The Hall–Kier alpha value is -2.19. The first kappa shape index (κ1) is 24.5. The van der Waals surface area contributed by atoms with Gasteiger partial charge in [0, 0.05) is 25.6 Å². The van der Waals surface area contributed by atoms with E-state index in [-0.39, 0.29) is 22.6 Å². The number of allylic oxidation sites excluding steroid dienone is 1. The molecule has 7 nitrogen and oxygen atoms in total. The maximum absolute atomic E-state index is 12.8. The van der Waals surface area contributed by atoms with Crippen LogP contribution in [0.25, 0.3) is 0 Å². The van der Waals surface area contributed by atoms with E-state index in [4.69, 9.17) is 0 Å². The van der Waals surface area contributed by atoms with Crippen LogP contribution in [-0.2, 0) is 19.6 Å². The first-order valence-corrected chi connectivity index (χ1v) is 13.0. The fourth-order valence-corrected chi connectivity index (χ4v) is 5.72. The van der Waals surface area contributed by atoms with Gasteiger partial charge < -0.3 is 10.6 Å². The molecule has 1 saturated heterocycles. The van der Waals surface area contributed by atoms with Gasteiger partial charge in [-0.3, -0.25) is 9.59 Å². The molecule has 8 heteroatoms. The van der Waals surface area contributed by atoms with Crippen LogP contribution in [0, 0.1) is 12.8 Å². The van der Waals surface area contributed by atoms with Crippen molar-refractivity contribution in [3.63, 3.8) is 0 Å². The number of carbonyl (C=O) groups excluding carboxylic acids is 2. The van der Waals surface area contributed by atoms with Gasteiger partial charge in [-0.15, -0.1) is 0 Å². The van der Waals surface area contributed by atoms with Crippen molar-refractivity contribution in [3.05, 3.63) is 41.5 Å². The minimum absolute atomic E-state index is 0.185. The van der Waals surface area contributed by atoms with Crippen LogP contribution in [0.1, 0.15) is 57.4 Å². The molecule has 1 aliphatic heterocycles. The van der Waals surface area contributed by atoms with E-state index in [2.05, 4.69) is 16.7 Å². The van der Waals surface area contributed by atoms with Gasteiger partial charge in [-0.05, 0) is 70.9 Å². The molecule has 0 spiro atoms. The van der Waals surface area contributed by atoms with Crippen molar-refractivity contribution in [3.8, 4) is 0 Å². The standard InChI is InChI=1S/C24H35N3O4S/c1-18-8-10-22(11-9-18)32(30,31)27-16-13-21(14-17-27)24(29)26-19(2)23(28)25-15-12-20-6-4-3-5-7-20/h6,8-11,19,21H,3-5,7,12-17H2,1-2H3,(H,25,28)(H,26,29)/t19-/m0/s1. The van der Waals surface area contributed by atoms with Crippen LogP contribution in [0.15, 0.2) is 40.8 Å². The number of aryl methyl sites for hydroxylation is 1. The molecule has 176 valence electrons. The smallest absolute Gasteiger partial charge is 0.243 e. The summed E-state index contributed by atoms with van der Waals surface area (Å²) in [5.74, 6) is -0.661. The molecule has 0 radical (unpaired) electrons. The van der Waals surface area contributed by atoms with Gasteiger partial charge in [0.2, 0.25) is 21.8 Å². The molecular formula is C24H35N3O4S. The van der Waals surface area contributed by atoms with Crippen LogP contribution in [0.4, 0.5) is 0 Å². The van der Waals surface area contributed by atoms with Crippen LogP contribution in [0.3, 0.4) is 0 Å². The number of piperidine rings is 1. The van der Waals surface area contributed by atoms with Crippen molar-refractivity contribution in [1.29, 1.82) is 0 Å². The highest BCUT2D eigenvalue weighted by atomic mass is 32.2. The summed E-state index contributed by atoms with van der Waals surface area (Å²) in [4.78, 5) is 25.2. The molecule has 0 unspecified atom stereocenters. The Bertz CT molecular complexity index is 932. The van der Waals surface area contributed by atoms with Gasteiger partial charge in [-0.2, -0.15) is 4.31 Å². The molecule has 0 saturated carbocycles. The number of benzene rings is 1. The predicted molar refractivity (Wildman–Crippen MR) is 124 cm³/mol. The lowest BCUT2D eigenvalue weighted by Crippen LogP contribution is -2.49. The maximum atomic E-state index is 12.8. The van der Waals surface area contributed by atoms with Crippen LogP contribution < -0.4 is 10.6 Å². The normalized spacial score (nSPS) is 19.1. The monoisotopic (exact) mass is 461 g/mol. The molecule has 2 N–H and O–H groups in total. The minimum Gasteiger partial charge on any atom is -0.354 e. The maximum Gasteiger partial charge on any atom is 0.243 e. The molecule has 2 aliphatic rings. The Morgan fingerprint density at radius 1 is 1.12 bits per heavy atom. The second kappa shape index (κ2) is 11.1. The molecular weight excluding hydrogens is 426 g/mol. The SMILES string of the molecule is Cc1ccc(S(=O)(=O)N2CCC(C(=O)N[C@@H](C)C(=O)NCCC3=CCCCC3)CC2)cc1. The van der Waals surface area contributed by atoms with Crippen LogP contribution in [0.5, 0.6) is 0 Å². The zero-order chi connectivity index (χ0) is 23.1. The van der Waals surface area contributed by atoms with Gasteiger partial charge >= 0.3 is 0 Å². The molecule has 1 heterocycles. The van der Waals surface area contributed by atoms with Gasteiger partial charge in [0.05, 0.1) is 4.90 Å². The lowest BCUT2D eigenvalue weighted by atomic mass is 9.97. The highest BCUT2D eigenvalue weighted by molar-refractivity contribution is 7.89. The number of nitrogens with zero attached hydrogens (tertiary/aromatic N) is 1. The highest BCUT2D eigenvalue weighted by Crippen LogP contribution is 2.24. The van der Waals surface area contributed by atoms with Crippen molar-refractivity contribution in [2.75, 3.05) is 19.6 Å². The second-order valence-electron chi connectivity index (χ2n) is 8.87. The second-order valence-corrected chi connectivity index (χ2v) is 10.8. The van der Waals surface area contributed by atoms with Crippen molar-refractivity contribution < 1.29 is 18.0 Å². The third-order valence-electron chi connectivity index (χ3n) is 6.37. The van der Waals surface area contributed by atoms with Crippen LogP contribution in [-0.4, -0.2) is 50.2 Å². The molecule has 0 aromatic heterocycles. The van der Waals surface area contributed by atoms with E-state index in [0.29, 0.717) is 32.5 Å². The fraction of sp³-hybridized carbons (Fsp3) is 0.583. The van der Waals surface area contributed by atoms with Gasteiger partial charge in [0.15, 0.2) is 0 Å². The molecule has 0 bridgehead atoms. The summed E-state index contributed by atoms with van der Waals surface area (Å²) in [7, 11) is -3.55. The van der Waals surface area contributed by atoms with Crippen molar-refractivity contribution in [2.45, 2.75) is 69.7 Å². The number of sulfonamides is 1. The number of hydrogen-bond acceptors (Lipinski definition) is 4. The zero-order valence-corrected chi connectivity index (χ0v) is 19.9. The van der Waals surface area contributed by atoms with E-state index >= 15 is 0 Å². The van der Waals surface area contributed by atoms with Crippen molar-refractivity contribution >= 4 is 21.8 Å². The number of amides is 2. The highest BCUT2D eigenvalue weighted by Gasteiger charge is 2.32. The third-order valence-corrected chi connectivity index (χ3v) is 8.28. The Labute approximate surface area is 191 Å². The summed E-state index contributed by atoms with van der Waals surface area (Å²) in [6, 6.07) is 6.19. The average molecular weight is 462 g/mol. The van der Waals surface area contributed by atoms with E-state index in [1.54, 1.807) is 31.2 Å². The van der Waals surface area contributed by atoms with Crippen LogP contribution in [0.2, 0.25) is 0 Å². The van der Waals surface area contributed by atoms with Gasteiger partial charge in [0.1, 0.15) is 6.04 Å². The van der Waals surface area contributed by atoms with E-state index in [1.165, 1.54) is 22.7 Å². The van der Waals surface area contributed by atoms with E-state index in [1.807, 2.05) is 6.92 Å². The van der Waals surface area contributed by atoms with Gasteiger partial charge in [-0.1, -0.05) is 29.3 Å². The zero-order valence-electron chi connectivity index (χ0n) is 19.1. The average Bonchev–Trinajstić information content (AvgIpc) is 2.80. The topological polar surface area (TPSA) is 95.6 Å². The number of rotatable bonds is 8. The summed E-state index contributed by atoms with van der Waals surface area (Å²) in [5, 5.41) is 5.70. The molecule has 1 fully saturated rings. The summed E-state index contributed by atoms with van der Waals surface area (Å²) in [5.41, 5.74) is 2.41. The number of hydrogen-bond donors (Lipinski definition) is 2. The summed E-state index contributed by atoms with van der Waals surface area (Å²) in [6.45, 7) is 4.77. The first-order valence-electron chi connectivity index (χ1n) is 11.6. The summed E-state index contributed by atoms with van der Waals surface area (Å²) >= 11 is 0. The van der Waals surface area contributed by atoms with E-state index in [0.717, 1.165) is 24.8 Å². The lowest BCUT2D eigenvalue weighted by molar-refractivity contribution is -0.131. The largest absolute Gasteiger partial charge is 0.354 e. The van der Waals surface area contributed by atoms with Gasteiger partial charge in [-0.25, -0.2) is 8.42 Å². The first-order chi connectivity index (χ1) is 15.3. The number of nitrogens with one attached hydrogen (secondary N) is 2. The fourth-order valence-electron chi connectivity index (χ4n) is 4.25. The molecule has 1 atom stereocenters. The quantitative estimate of drug-likeness (QED) is 0.582.